The van der Waals surface area contributed by atoms with Gasteiger partial charge < -0.3 is 15.0 Å². The number of nitrogens with zero attached hydrogens (tertiary/aromatic N) is 2. The summed E-state index contributed by atoms with van der Waals surface area (Å²) < 4.78 is 1.90. The molecule has 3 rings (SSSR count). The first-order valence-corrected chi connectivity index (χ1v) is 8.44. The van der Waals surface area contributed by atoms with Crippen molar-refractivity contribution in [3.8, 4) is 0 Å². The van der Waals surface area contributed by atoms with Crippen LogP contribution in [0.25, 0.3) is 11.0 Å². The SMILES string of the molecule is Cc1nc2ccc(C(=O)NC(CC(=O)O)c3ccc(Cl)cc3)cc2n1C. The number of aromatic nitrogens is 2. The topological polar surface area (TPSA) is 84.2 Å². The van der Waals surface area contributed by atoms with Crippen LogP contribution in [0, 0.1) is 6.92 Å². The molecule has 1 amide bonds. The Hall–Kier alpha value is -2.86. The predicted molar refractivity (Wildman–Crippen MR) is 99.4 cm³/mol. The number of carbonyl (C=O) groups excluding carboxylic acids is 1. The summed E-state index contributed by atoms with van der Waals surface area (Å²) in [7, 11) is 1.88. The van der Waals surface area contributed by atoms with E-state index in [1.165, 1.54) is 0 Å². The van der Waals surface area contributed by atoms with Crippen LogP contribution in [0.15, 0.2) is 42.5 Å². The second kappa shape index (κ2) is 7.17. The predicted octanol–water partition coefficient (Wildman–Crippen LogP) is 3.48. The lowest BCUT2D eigenvalue weighted by Gasteiger charge is -2.17. The summed E-state index contributed by atoms with van der Waals surface area (Å²) in [4.78, 5) is 28.3. The number of aryl methyl sites for hydroxylation is 2. The van der Waals surface area contributed by atoms with Crippen molar-refractivity contribution in [3.05, 3.63) is 64.4 Å². The summed E-state index contributed by atoms with van der Waals surface area (Å²) in [5.74, 6) is -0.489. The summed E-state index contributed by atoms with van der Waals surface area (Å²) in [5, 5.41) is 12.5. The number of halogens is 1. The van der Waals surface area contributed by atoms with Gasteiger partial charge in [-0.25, -0.2) is 4.98 Å². The highest BCUT2D eigenvalue weighted by atomic mass is 35.5. The molecule has 2 aromatic carbocycles. The number of fused-ring (bicyclic) bond motifs is 1. The minimum Gasteiger partial charge on any atom is -0.481 e. The number of imidazole rings is 1. The molecule has 0 saturated carbocycles. The fourth-order valence-corrected chi connectivity index (χ4v) is 2.94. The average Bonchev–Trinajstić information content (AvgIpc) is 2.88. The monoisotopic (exact) mass is 371 g/mol. The van der Waals surface area contributed by atoms with Gasteiger partial charge in [0.05, 0.1) is 23.5 Å². The lowest BCUT2D eigenvalue weighted by Crippen LogP contribution is -2.30. The van der Waals surface area contributed by atoms with Gasteiger partial charge in [0, 0.05) is 17.6 Å². The zero-order valence-electron chi connectivity index (χ0n) is 14.4. The van der Waals surface area contributed by atoms with Crippen molar-refractivity contribution in [1.82, 2.24) is 14.9 Å². The van der Waals surface area contributed by atoms with Crippen molar-refractivity contribution in [2.45, 2.75) is 19.4 Å². The van der Waals surface area contributed by atoms with E-state index in [0.717, 1.165) is 16.9 Å². The number of carboxylic acid groups (broad SMARTS) is 1. The highest BCUT2D eigenvalue weighted by Crippen LogP contribution is 2.21. The minimum absolute atomic E-state index is 0.222. The second-order valence-electron chi connectivity index (χ2n) is 6.10. The van der Waals surface area contributed by atoms with Gasteiger partial charge >= 0.3 is 5.97 Å². The lowest BCUT2D eigenvalue weighted by atomic mass is 10.0. The summed E-state index contributed by atoms with van der Waals surface area (Å²) in [5.41, 5.74) is 2.78. The van der Waals surface area contributed by atoms with Crippen LogP contribution in [-0.4, -0.2) is 26.5 Å². The number of aliphatic carboxylic acids is 1. The highest BCUT2D eigenvalue weighted by Gasteiger charge is 2.19. The third kappa shape index (κ3) is 3.70. The van der Waals surface area contributed by atoms with E-state index in [1.54, 1.807) is 42.5 Å². The van der Waals surface area contributed by atoms with Crippen molar-refractivity contribution in [2.75, 3.05) is 0 Å². The van der Waals surface area contributed by atoms with Gasteiger partial charge in [0.25, 0.3) is 5.91 Å². The Balaban J connectivity index is 1.88. The molecule has 0 radical (unpaired) electrons. The molecule has 3 aromatic rings. The second-order valence-corrected chi connectivity index (χ2v) is 6.53. The van der Waals surface area contributed by atoms with E-state index in [2.05, 4.69) is 10.3 Å². The van der Waals surface area contributed by atoms with Gasteiger partial charge in [-0.1, -0.05) is 23.7 Å². The maximum atomic E-state index is 12.7. The molecule has 2 N–H and O–H groups in total. The van der Waals surface area contributed by atoms with Crippen LogP contribution in [0.1, 0.15) is 34.2 Å². The van der Waals surface area contributed by atoms with Gasteiger partial charge in [0.15, 0.2) is 0 Å². The van der Waals surface area contributed by atoms with E-state index in [9.17, 15) is 14.7 Å². The zero-order chi connectivity index (χ0) is 18.8. The van der Waals surface area contributed by atoms with Gasteiger partial charge in [0.1, 0.15) is 5.82 Å². The number of rotatable bonds is 5. The summed E-state index contributed by atoms with van der Waals surface area (Å²) in [6, 6.07) is 11.3. The zero-order valence-corrected chi connectivity index (χ0v) is 15.1. The molecule has 1 atom stereocenters. The van der Waals surface area contributed by atoms with Gasteiger partial charge in [-0.2, -0.15) is 0 Å². The maximum Gasteiger partial charge on any atom is 0.305 e. The van der Waals surface area contributed by atoms with E-state index in [-0.39, 0.29) is 12.3 Å². The van der Waals surface area contributed by atoms with Crippen LogP contribution in [0.5, 0.6) is 0 Å². The summed E-state index contributed by atoms with van der Waals surface area (Å²) in [6.45, 7) is 1.89. The van der Waals surface area contributed by atoms with E-state index >= 15 is 0 Å². The number of benzene rings is 2. The maximum absolute atomic E-state index is 12.7. The molecular formula is C19H18ClN3O3. The van der Waals surface area contributed by atoms with Crippen molar-refractivity contribution >= 4 is 34.5 Å². The number of hydrogen-bond donors (Lipinski definition) is 2. The lowest BCUT2D eigenvalue weighted by molar-refractivity contribution is -0.137. The normalized spacial score (nSPS) is 12.1. The summed E-state index contributed by atoms with van der Waals surface area (Å²) in [6.07, 6.45) is -0.222. The number of carboxylic acids is 1. The Bertz CT molecular complexity index is 980. The van der Waals surface area contributed by atoms with Crippen molar-refractivity contribution in [3.63, 3.8) is 0 Å². The number of nitrogens with one attached hydrogen (secondary N) is 1. The molecule has 1 unspecified atom stereocenters. The number of hydrogen-bond acceptors (Lipinski definition) is 3. The molecule has 1 heterocycles. The quantitative estimate of drug-likeness (QED) is 0.719. The molecule has 1 aromatic heterocycles. The molecule has 0 aliphatic carbocycles. The first-order valence-electron chi connectivity index (χ1n) is 8.06. The van der Waals surface area contributed by atoms with Crippen molar-refractivity contribution in [1.29, 1.82) is 0 Å². The van der Waals surface area contributed by atoms with Crippen LogP contribution in [0.2, 0.25) is 5.02 Å². The minimum atomic E-state index is -0.997. The molecule has 0 aliphatic heterocycles. The molecule has 0 spiro atoms. The highest BCUT2D eigenvalue weighted by molar-refractivity contribution is 6.30. The van der Waals surface area contributed by atoms with Gasteiger partial charge in [-0.3, -0.25) is 9.59 Å². The number of amides is 1. The molecule has 0 aliphatic rings. The van der Waals surface area contributed by atoms with Crippen LogP contribution in [-0.2, 0) is 11.8 Å². The third-order valence-corrected chi connectivity index (χ3v) is 4.58. The Morgan fingerprint density at radius 3 is 2.58 bits per heavy atom. The Kier molecular flexibility index (Phi) is 4.95. The Morgan fingerprint density at radius 1 is 1.23 bits per heavy atom. The van der Waals surface area contributed by atoms with Crippen LogP contribution in [0.3, 0.4) is 0 Å². The smallest absolute Gasteiger partial charge is 0.305 e. The first kappa shape index (κ1) is 17.9. The number of carbonyl (C=O) groups is 2. The molecule has 0 fully saturated rings. The van der Waals surface area contributed by atoms with Crippen molar-refractivity contribution in [2.24, 2.45) is 7.05 Å². The Labute approximate surface area is 155 Å². The molecule has 26 heavy (non-hydrogen) atoms. The average molecular weight is 372 g/mol. The van der Waals surface area contributed by atoms with Crippen LogP contribution < -0.4 is 5.32 Å². The molecular weight excluding hydrogens is 354 g/mol. The molecule has 0 saturated heterocycles. The van der Waals surface area contributed by atoms with Crippen LogP contribution >= 0.6 is 11.6 Å². The van der Waals surface area contributed by atoms with Gasteiger partial charge in [0.2, 0.25) is 0 Å². The summed E-state index contributed by atoms with van der Waals surface area (Å²) >= 11 is 5.88. The van der Waals surface area contributed by atoms with Gasteiger partial charge in [-0.05, 0) is 42.8 Å². The van der Waals surface area contributed by atoms with E-state index < -0.39 is 12.0 Å². The van der Waals surface area contributed by atoms with Gasteiger partial charge in [-0.15, -0.1) is 0 Å². The molecule has 134 valence electrons. The largest absolute Gasteiger partial charge is 0.481 e. The third-order valence-electron chi connectivity index (χ3n) is 4.32. The van der Waals surface area contributed by atoms with Crippen LogP contribution in [0.4, 0.5) is 0 Å². The van der Waals surface area contributed by atoms with E-state index in [1.807, 2.05) is 18.5 Å². The van der Waals surface area contributed by atoms with E-state index in [4.69, 9.17) is 11.6 Å². The fraction of sp³-hybridized carbons (Fsp3) is 0.211. The standard InChI is InChI=1S/C19H18ClN3O3/c1-11-21-15-8-5-13(9-17(15)23(11)2)19(26)22-16(10-18(24)25)12-3-6-14(20)7-4-12/h3-9,16H,10H2,1-2H3,(H,22,26)(H,24,25). The van der Waals surface area contributed by atoms with Crippen molar-refractivity contribution < 1.29 is 14.7 Å². The van der Waals surface area contributed by atoms with E-state index in [0.29, 0.717) is 16.1 Å². The fourth-order valence-electron chi connectivity index (χ4n) is 2.82. The molecule has 7 heteroatoms. The Morgan fingerprint density at radius 2 is 1.92 bits per heavy atom. The first-order chi connectivity index (χ1) is 12.3. The molecule has 6 nitrogen and oxygen atoms in total. The molecule has 0 bridgehead atoms.